The minimum absolute atomic E-state index is 0.0266. The van der Waals surface area contributed by atoms with E-state index in [-0.39, 0.29) is 5.41 Å². The van der Waals surface area contributed by atoms with Gasteiger partial charge in [-0.25, -0.2) is 0 Å². The molecule has 0 N–H and O–H groups in total. The van der Waals surface area contributed by atoms with Crippen LogP contribution in [0.25, 0.3) is 76.5 Å². The summed E-state index contributed by atoms with van der Waals surface area (Å²) in [6, 6.07) is 56.1. The molecule has 0 heteroatoms. The Morgan fingerprint density at radius 1 is 0.341 bits per heavy atom. The van der Waals surface area contributed by atoms with Crippen molar-refractivity contribution in [2.45, 2.75) is 26.2 Å². The molecule has 0 aromatic heterocycles. The molecule has 0 saturated carbocycles. The van der Waals surface area contributed by atoms with Crippen molar-refractivity contribution >= 4 is 43.1 Å². The molecule has 0 aliphatic heterocycles. The standard InChI is InChI=1S/C44H34/c1-44(2,3)33-24-25-39-41(28-33)42(32-18-13-17-30(26-32)29-14-5-4-6-15-29)37-22-11-12-23-38(37)43(39)40-27-31-16-7-8-19-34(31)35-20-9-10-21-36(35)40/h4-28H,1-3H3. The van der Waals surface area contributed by atoms with E-state index in [1.54, 1.807) is 0 Å². The van der Waals surface area contributed by atoms with Crippen molar-refractivity contribution in [3.8, 4) is 33.4 Å². The van der Waals surface area contributed by atoms with Crippen LogP contribution < -0.4 is 0 Å². The number of benzene rings is 8. The van der Waals surface area contributed by atoms with Gasteiger partial charge in [0, 0.05) is 0 Å². The van der Waals surface area contributed by atoms with Crippen LogP contribution >= 0.6 is 0 Å². The zero-order chi connectivity index (χ0) is 29.8. The van der Waals surface area contributed by atoms with Crippen LogP contribution in [0.3, 0.4) is 0 Å². The van der Waals surface area contributed by atoms with E-state index in [0.29, 0.717) is 0 Å². The van der Waals surface area contributed by atoms with E-state index in [1.807, 2.05) is 0 Å². The number of fused-ring (bicyclic) bond motifs is 5. The first-order valence-corrected chi connectivity index (χ1v) is 15.5. The maximum Gasteiger partial charge on any atom is -0.00199 e. The topological polar surface area (TPSA) is 0 Å². The van der Waals surface area contributed by atoms with Gasteiger partial charge in [-0.15, -0.1) is 0 Å². The average molecular weight is 563 g/mol. The first kappa shape index (κ1) is 26.4. The van der Waals surface area contributed by atoms with Crippen LogP contribution in [0.5, 0.6) is 0 Å². The molecular formula is C44H34. The van der Waals surface area contributed by atoms with E-state index in [1.165, 1.54) is 82.0 Å². The Morgan fingerprint density at radius 3 is 1.66 bits per heavy atom. The van der Waals surface area contributed by atoms with E-state index < -0.39 is 0 Å². The molecule has 0 spiro atoms. The largest absolute Gasteiger partial charge is 0.0622 e. The van der Waals surface area contributed by atoms with Crippen LogP contribution in [-0.2, 0) is 5.41 Å². The second-order valence-corrected chi connectivity index (χ2v) is 12.9. The summed E-state index contributed by atoms with van der Waals surface area (Å²) in [7, 11) is 0. The fraction of sp³-hybridized carbons (Fsp3) is 0.0909. The summed E-state index contributed by atoms with van der Waals surface area (Å²) in [5.74, 6) is 0. The molecule has 8 aromatic carbocycles. The summed E-state index contributed by atoms with van der Waals surface area (Å²) in [5, 5.41) is 10.3. The highest BCUT2D eigenvalue weighted by Gasteiger charge is 2.22. The highest BCUT2D eigenvalue weighted by molar-refractivity contribution is 6.25. The van der Waals surface area contributed by atoms with Crippen molar-refractivity contribution in [1.82, 2.24) is 0 Å². The van der Waals surface area contributed by atoms with Crippen molar-refractivity contribution in [3.63, 3.8) is 0 Å². The molecule has 0 saturated heterocycles. The van der Waals surface area contributed by atoms with E-state index >= 15 is 0 Å². The summed E-state index contributed by atoms with van der Waals surface area (Å²) >= 11 is 0. The van der Waals surface area contributed by atoms with Gasteiger partial charge in [0.05, 0.1) is 0 Å². The number of rotatable bonds is 3. The highest BCUT2D eigenvalue weighted by Crippen LogP contribution is 2.47. The molecule has 0 unspecified atom stereocenters. The molecule has 0 aliphatic carbocycles. The molecular weight excluding hydrogens is 528 g/mol. The molecule has 0 heterocycles. The third-order valence-electron chi connectivity index (χ3n) is 9.19. The molecule has 8 rings (SSSR count). The summed E-state index contributed by atoms with van der Waals surface area (Å²) < 4.78 is 0. The Hall–Kier alpha value is -5.20. The van der Waals surface area contributed by atoms with Gasteiger partial charge < -0.3 is 0 Å². The quantitative estimate of drug-likeness (QED) is 0.148. The highest BCUT2D eigenvalue weighted by atomic mass is 14.2. The Bertz CT molecular complexity index is 2350. The van der Waals surface area contributed by atoms with Crippen molar-refractivity contribution < 1.29 is 0 Å². The third kappa shape index (κ3) is 4.29. The first-order chi connectivity index (χ1) is 21.5. The number of hydrogen-bond donors (Lipinski definition) is 0. The van der Waals surface area contributed by atoms with Gasteiger partial charge in [0.15, 0.2) is 0 Å². The normalized spacial score (nSPS) is 12.0. The average Bonchev–Trinajstić information content (AvgIpc) is 3.06. The lowest BCUT2D eigenvalue weighted by atomic mass is 9.80. The van der Waals surface area contributed by atoms with Crippen LogP contribution in [0.4, 0.5) is 0 Å². The first-order valence-electron chi connectivity index (χ1n) is 15.5. The molecule has 0 bridgehead atoms. The Labute approximate surface area is 259 Å². The van der Waals surface area contributed by atoms with Crippen LogP contribution in [0.1, 0.15) is 26.3 Å². The monoisotopic (exact) mass is 562 g/mol. The fourth-order valence-corrected chi connectivity index (χ4v) is 6.99. The Balaban J connectivity index is 1.54. The van der Waals surface area contributed by atoms with Crippen molar-refractivity contribution in [1.29, 1.82) is 0 Å². The van der Waals surface area contributed by atoms with Gasteiger partial charge in [0.25, 0.3) is 0 Å². The molecule has 0 fully saturated rings. The summed E-state index contributed by atoms with van der Waals surface area (Å²) in [6.07, 6.45) is 0. The Morgan fingerprint density at radius 2 is 0.909 bits per heavy atom. The van der Waals surface area contributed by atoms with Crippen LogP contribution in [0.15, 0.2) is 152 Å². The lowest BCUT2D eigenvalue weighted by molar-refractivity contribution is 0.591. The maximum absolute atomic E-state index is 2.46. The van der Waals surface area contributed by atoms with Crippen molar-refractivity contribution in [2.75, 3.05) is 0 Å². The zero-order valence-electron chi connectivity index (χ0n) is 25.4. The smallest absolute Gasteiger partial charge is 0.00199 e. The predicted octanol–water partition coefficient (Wildman–Crippen LogP) is 12.6. The molecule has 0 atom stereocenters. The number of hydrogen-bond acceptors (Lipinski definition) is 0. The SMILES string of the molecule is CC(C)(C)c1ccc2c(-c3cc4ccccc4c4ccccc34)c3ccccc3c(-c3cccc(-c4ccccc4)c3)c2c1. The molecule has 0 aliphatic rings. The molecule has 8 aromatic rings. The van der Waals surface area contributed by atoms with Gasteiger partial charge in [-0.1, -0.05) is 154 Å². The minimum atomic E-state index is 0.0266. The summed E-state index contributed by atoms with van der Waals surface area (Å²) in [5.41, 5.74) is 8.97. The van der Waals surface area contributed by atoms with Gasteiger partial charge in [0.1, 0.15) is 0 Å². The van der Waals surface area contributed by atoms with Gasteiger partial charge in [-0.2, -0.15) is 0 Å². The zero-order valence-corrected chi connectivity index (χ0v) is 25.4. The van der Waals surface area contributed by atoms with Gasteiger partial charge in [0.2, 0.25) is 0 Å². The van der Waals surface area contributed by atoms with Crippen molar-refractivity contribution in [2.24, 2.45) is 0 Å². The molecule has 0 radical (unpaired) electrons. The Kier molecular flexibility index (Phi) is 6.13. The third-order valence-corrected chi connectivity index (χ3v) is 9.19. The molecule has 210 valence electrons. The van der Waals surface area contributed by atoms with Crippen LogP contribution in [-0.4, -0.2) is 0 Å². The van der Waals surface area contributed by atoms with Gasteiger partial charge in [-0.3, -0.25) is 0 Å². The predicted molar refractivity (Wildman–Crippen MR) is 191 cm³/mol. The van der Waals surface area contributed by atoms with E-state index in [2.05, 4.69) is 172 Å². The minimum Gasteiger partial charge on any atom is -0.0622 e. The summed E-state index contributed by atoms with van der Waals surface area (Å²) in [6.45, 7) is 6.92. The van der Waals surface area contributed by atoms with Gasteiger partial charge in [-0.05, 0) is 106 Å². The summed E-state index contributed by atoms with van der Waals surface area (Å²) in [4.78, 5) is 0. The van der Waals surface area contributed by atoms with Crippen molar-refractivity contribution in [3.05, 3.63) is 157 Å². The van der Waals surface area contributed by atoms with Crippen LogP contribution in [0.2, 0.25) is 0 Å². The second-order valence-electron chi connectivity index (χ2n) is 12.9. The van der Waals surface area contributed by atoms with E-state index in [4.69, 9.17) is 0 Å². The molecule has 0 amide bonds. The van der Waals surface area contributed by atoms with Crippen LogP contribution in [0, 0.1) is 0 Å². The molecule has 44 heavy (non-hydrogen) atoms. The fourth-order valence-electron chi connectivity index (χ4n) is 6.99. The lowest BCUT2D eigenvalue weighted by Crippen LogP contribution is -2.10. The lowest BCUT2D eigenvalue weighted by Gasteiger charge is -2.23. The van der Waals surface area contributed by atoms with E-state index in [0.717, 1.165) is 0 Å². The van der Waals surface area contributed by atoms with Gasteiger partial charge >= 0.3 is 0 Å². The second kappa shape index (κ2) is 10.2. The molecule has 0 nitrogen and oxygen atoms in total. The van der Waals surface area contributed by atoms with E-state index in [9.17, 15) is 0 Å². The maximum atomic E-state index is 2.46.